The van der Waals surface area contributed by atoms with Crippen molar-refractivity contribution in [3.05, 3.63) is 65.7 Å². The fraction of sp³-hybridized carbons (Fsp3) is 0.333. The van der Waals surface area contributed by atoms with E-state index in [9.17, 15) is 0 Å². The van der Waals surface area contributed by atoms with Gasteiger partial charge in [0.1, 0.15) is 5.76 Å². The number of benzene rings is 1. The van der Waals surface area contributed by atoms with E-state index in [2.05, 4.69) is 44.0 Å². The Kier molecular flexibility index (Phi) is 5.27. The van der Waals surface area contributed by atoms with Gasteiger partial charge < -0.3 is 8.94 Å². The van der Waals surface area contributed by atoms with Gasteiger partial charge >= 0.3 is 0 Å². The van der Waals surface area contributed by atoms with Gasteiger partial charge in [0.2, 0.25) is 5.89 Å². The summed E-state index contributed by atoms with van der Waals surface area (Å²) in [4.78, 5) is 4.51. The third-order valence-electron chi connectivity index (χ3n) is 4.44. The van der Waals surface area contributed by atoms with E-state index in [-0.39, 0.29) is 5.41 Å². The molecule has 8 heteroatoms. The van der Waals surface area contributed by atoms with Crippen molar-refractivity contribution in [2.75, 3.05) is 0 Å². The van der Waals surface area contributed by atoms with Crippen LogP contribution in [0.5, 0.6) is 0 Å². The van der Waals surface area contributed by atoms with E-state index in [4.69, 9.17) is 8.94 Å². The van der Waals surface area contributed by atoms with E-state index >= 15 is 0 Å². The highest BCUT2D eigenvalue weighted by Gasteiger charge is 2.22. The van der Waals surface area contributed by atoms with E-state index in [0.29, 0.717) is 24.0 Å². The number of furan rings is 1. The minimum atomic E-state index is -0.173. The fourth-order valence-electron chi connectivity index (χ4n) is 2.87. The zero-order valence-electron chi connectivity index (χ0n) is 16.9. The Morgan fingerprint density at radius 1 is 1.07 bits per heavy atom. The van der Waals surface area contributed by atoms with Gasteiger partial charge in [0.05, 0.1) is 18.6 Å². The average molecular weight is 410 g/mol. The van der Waals surface area contributed by atoms with Crippen molar-refractivity contribution in [1.82, 2.24) is 24.9 Å². The van der Waals surface area contributed by atoms with Gasteiger partial charge in [-0.05, 0) is 24.6 Å². The van der Waals surface area contributed by atoms with E-state index < -0.39 is 0 Å². The summed E-state index contributed by atoms with van der Waals surface area (Å²) in [5.74, 6) is 3.47. The van der Waals surface area contributed by atoms with Crippen molar-refractivity contribution in [2.24, 2.45) is 0 Å². The molecule has 150 valence electrons. The quantitative estimate of drug-likeness (QED) is 0.420. The number of hydrogen-bond acceptors (Lipinski definition) is 7. The first-order valence-corrected chi connectivity index (χ1v) is 10.4. The highest BCUT2D eigenvalue weighted by Crippen LogP contribution is 2.29. The molecular formula is C21H23N5O2S. The van der Waals surface area contributed by atoms with E-state index in [1.807, 2.05) is 45.0 Å². The number of nitrogens with zero attached hydrogens (tertiary/aromatic N) is 5. The molecule has 7 nitrogen and oxygen atoms in total. The number of aryl methyl sites for hydroxylation is 1. The van der Waals surface area contributed by atoms with Gasteiger partial charge in [-0.2, -0.15) is 4.98 Å². The van der Waals surface area contributed by atoms with Crippen LogP contribution in [0, 0.1) is 6.92 Å². The summed E-state index contributed by atoms with van der Waals surface area (Å²) in [7, 11) is 0. The maximum absolute atomic E-state index is 5.56. The van der Waals surface area contributed by atoms with Crippen LogP contribution < -0.4 is 0 Å². The second-order valence-electron chi connectivity index (χ2n) is 7.84. The summed E-state index contributed by atoms with van der Waals surface area (Å²) in [6.45, 7) is 8.76. The molecule has 3 aromatic heterocycles. The van der Waals surface area contributed by atoms with Crippen LogP contribution in [-0.2, 0) is 17.7 Å². The molecule has 0 spiro atoms. The van der Waals surface area contributed by atoms with Gasteiger partial charge in [0.15, 0.2) is 16.8 Å². The predicted molar refractivity (Wildman–Crippen MR) is 111 cm³/mol. The van der Waals surface area contributed by atoms with Crippen LogP contribution in [-0.4, -0.2) is 24.9 Å². The minimum absolute atomic E-state index is 0.173. The third-order valence-corrected chi connectivity index (χ3v) is 5.40. The monoisotopic (exact) mass is 409 g/mol. The van der Waals surface area contributed by atoms with E-state index in [1.54, 1.807) is 6.26 Å². The molecule has 0 fully saturated rings. The van der Waals surface area contributed by atoms with Crippen LogP contribution in [0.25, 0.3) is 11.4 Å². The molecular weight excluding hydrogens is 386 g/mol. The number of thioether (sulfide) groups is 1. The lowest BCUT2D eigenvalue weighted by Gasteiger charge is -2.10. The molecule has 0 amide bonds. The molecule has 0 aliphatic heterocycles. The summed E-state index contributed by atoms with van der Waals surface area (Å²) in [6.07, 6.45) is 1.67. The maximum atomic E-state index is 5.56. The van der Waals surface area contributed by atoms with Crippen LogP contribution in [0.3, 0.4) is 0 Å². The first kappa shape index (κ1) is 19.4. The summed E-state index contributed by atoms with van der Waals surface area (Å²) in [5.41, 5.74) is 2.02. The van der Waals surface area contributed by atoms with Crippen LogP contribution >= 0.6 is 11.8 Å². The van der Waals surface area contributed by atoms with Gasteiger partial charge in [0, 0.05) is 11.0 Å². The Balaban J connectivity index is 1.63. The molecule has 0 saturated heterocycles. The lowest BCUT2D eigenvalue weighted by Crippen LogP contribution is -2.11. The first-order chi connectivity index (χ1) is 13.9. The van der Waals surface area contributed by atoms with E-state index in [1.165, 1.54) is 11.8 Å². The van der Waals surface area contributed by atoms with Crippen molar-refractivity contribution in [1.29, 1.82) is 0 Å². The Labute approximate surface area is 173 Å². The fourth-order valence-corrected chi connectivity index (χ4v) is 3.65. The van der Waals surface area contributed by atoms with Crippen LogP contribution in [0.15, 0.2) is 56.8 Å². The Hall–Kier alpha value is -2.87. The largest absolute Gasteiger partial charge is 0.467 e. The average Bonchev–Trinajstić information content (AvgIpc) is 3.42. The first-order valence-electron chi connectivity index (χ1n) is 9.39. The highest BCUT2D eigenvalue weighted by molar-refractivity contribution is 7.98. The minimum Gasteiger partial charge on any atom is -0.467 e. The van der Waals surface area contributed by atoms with Crippen LogP contribution in [0.4, 0.5) is 0 Å². The topological polar surface area (TPSA) is 82.8 Å². The summed E-state index contributed by atoms with van der Waals surface area (Å²) in [5, 5.41) is 13.8. The number of aromatic nitrogens is 5. The Bertz CT molecular complexity index is 1090. The highest BCUT2D eigenvalue weighted by atomic mass is 32.2. The second kappa shape index (κ2) is 7.87. The van der Waals surface area contributed by atoms with Crippen molar-refractivity contribution < 1.29 is 8.94 Å². The van der Waals surface area contributed by atoms with Gasteiger partial charge in [-0.3, -0.25) is 4.57 Å². The van der Waals surface area contributed by atoms with Crippen LogP contribution in [0.2, 0.25) is 0 Å². The zero-order chi connectivity index (χ0) is 20.4. The van der Waals surface area contributed by atoms with E-state index in [0.717, 1.165) is 27.9 Å². The summed E-state index contributed by atoms with van der Waals surface area (Å²) < 4.78 is 13.0. The molecule has 0 aliphatic carbocycles. The molecule has 0 saturated carbocycles. The molecule has 0 bridgehead atoms. The smallest absolute Gasteiger partial charge is 0.232 e. The van der Waals surface area contributed by atoms with Crippen molar-refractivity contribution >= 4 is 11.8 Å². The number of rotatable bonds is 6. The second-order valence-corrected chi connectivity index (χ2v) is 8.78. The molecule has 3 heterocycles. The molecule has 1 aromatic carbocycles. The van der Waals surface area contributed by atoms with Crippen LogP contribution in [0.1, 0.15) is 43.8 Å². The van der Waals surface area contributed by atoms with Gasteiger partial charge in [-0.1, -0.05) is 62.0 Å². The van der Waals surface area contributed by atoms with Gasteiger partial charge in [-0.25, -0.2) is 0 Å². The Morgan fingerprint density at radius 2 is 1.90 bits per heavy atom. The Morgan fingerprint density at radius 3 is 2.59 bits per heavy atom. The molecule has 0 N–H and O–H groups in total. The predicted octanol–water partition coefficient (Wildman–Crippen LogP) is 4.87. The van der Waals surface area contributed by atoms with Crippen molar-refractivity contribution in [3.8, 4) is 11.4 Å². The van der Waals surface area contributed by atoms with Gasteiger partial charge in [0.25, 0.3) is 0 Å². The molecule has 0 unspecified atom stereocenters. The van der Waals surface area contributed by atoms with Crippen molar-refractivity contribution in [3.63, 3.8) is 0 Å². The maximum Gasteiger partial charge on any atom is 0.232 e. The lowest BCUT2D eigenvalue weighted by atomic mass is 9.97. The molecule has 0 radical (unpaired) electrons. The molecule has 29 heavy (non-hydrogen) atoms. The SMILES string of the molecule is Cc1ccccc1-c1nnc(SCc2noc(C(C)(C)C)n2)n1Cc1ccco1. The van der Waals surface area contributed by atoms with Crippen molar-refractivity contribution in [2.45, 2.75) is 50.6 Å². The summed E-state index contributed by atoms with van der Waals surface area (Å²) >= 11 is 1.53. The standard InChI is InChI=1S/C21H23N5O2S/c1-14-8-5-6-10-16(14)18-23-24-20(26(18)12-15-9-7-11-27-15)29-13-17-22-19(28-25-17)21(2,3)4/h5-11H,12-13H2,1-4H3. The number of hydrogen-bond donors (Lipinski definition) is 0. The summed E-state index contributed by atoms with van der Waals surface area (Å²) in [6, 6.07) is 12.0. The molecule has 4 rings (SSSR count). The lowest BCUT2D eigenvalue weighted by molar-refractivity contribution is 0.319. The molecule has 4 aromatic rings. The van der Waals surface area contributed by atoms with Gasteiger partial charge in [-0.15, -0.1) is 10.2 Å². The normalized spacial score (nSPS) is 11.9. The molecule has 0 atom stereocenters. The zero-order valence-corrected chi connectivity index (χ0v) is 17.7. The molecule has 0 aliphatic rings. The third kappa shape index (κ3) is 4.27.